The van der Waals surface area contributed by atoms with Gasteiger partial charge in [0.25, 0.3) is 0 Å². The second-order valence-corrected chi connectivity index (χ2v) is 6.91. The molecule has 0 heterocycles. The quantitative estimate of drug-likeness (QED) is 0.531. The minimum absolute atomic E-state index is 0.551. The zero-order valence-corrected chi connectivity index (χ0v) is 13.8. The first-order valence-corrected chi connectivity index (χ1v) is 8.16. The maximum Gasteiger partial charge on any atom is 0.000782 e. The molecule has 1 nitrogen and oxygen atoms in total. The van der Waals surface area contributed by atoms with Crippen molar-refractivity contribution in [2.45, 2.75) is 80.1 Å². The highest BCUT2D eigenvalue weighted by Crippen LogP contribution is 2.34. The lowest BCUT2D eigenvalue weighted by Gasteiger charge is -2.34. The molecule has 1 N–H and O–H groups in total. The van der Waals surface area contributed by atoms with Crippen molar-refractivity contribution in [1.82, 2.24) is 5.32 Å². The van der Waals surface area contributed by atoms with E-state index in [1.807, 2.05) is 0 Å². The van der Waals surface area contributed by atoms with E-state index >= 15 is 0 Å². The molecule has 0 spiro atoms. The fraction of sp³-hybridized carbons (Fsp3) is 1.00. The van der Waals surface area contributed by atoms with Crippen molar-refractivity contribution in [1.29, 1.82) is 0 Å². The van der Waals surface area contributed by atoms with E-state index in [0.717, 1.165) is 18.4 Å². The molecule has 0 amide bonds. The Morgan fingerprint density at radius 1 is 0.944 bits per heavy atom. The van der Waals surface area contributed by atoms with Crippen LogP contribution in [0, 0.1) is 17.3 Å². The van der Waals surface area contributed by atoms with Crippen LogP contribution in [0.3, 0.4) is 0 Å². The van der Waals surface area contributed by atoms with Gasteiger partial charge in [0.05, 0.1) is 0 Å². The summed E-state index contributed by atoms with van der Waals surface area (Å²) in [6.45, 7) is 16.4. The average Bonchev–Trinajstić information content (AvgIpc) is 2.32. The van der Waals surface area contributed by atoms with Gasteiger partial charge in [0.15, 0.2) is 0 Å². The van der Waals surface area contributed by atoms with Gasteiger partial charge in [0.1, 0.15) is 0 Å². The van der Waals surface area contributed by atoms with Crippen LogP contribution >= 0.6 is 0 Å². The molecule has 0 aromatic rings. The van der Waals surface area contributed by atoms with Crippen molar-refractivity contribution in [2.24, 2.45) is 17.3 Å². The lowest BCUT2D eigenvalue weighted by molar-refractivity contribution is 0.195. The Bertz CT molecular complexity index is 186. The van der Waals surface area contributed by atoms with Crippen LogP contribution in [0.15, 0.2) is 0 Å². The normalized spacial score (nSPS) is 15.3. The highest BCUT2D eigenvalue weighted by atomic mass is 14.9. The Kier molecular flexibility index (Phi) is 9.81. The Hall–Kier alpha value is -0.0400. The first kappa shape index (κ1) is 18.0. The molecule has 0 saturated heterocycles. The largest absolute Gasteiger partial charge is 0.316 e. The summed E-state index contributed by atoms with van der Waals surface area (Å²) >= 11 is 0. The summed E-state index contributed by atoms with van der Waals surface area (Å²) in [5.41, 5.74) is 0.551. The third-order valence-electron chi connectivity index (χ3n) is 4.12. The maximum atomic E-state index is 3.71. The molecule has 1 heteroatoms. The van der Waals surface area contributed by atoms with Crippen LogP contribution in [0.2, 0.25) is 0 Å². The highest BCUT2D eigenvalue weighted by Gasteiger charge is 2.27. The van der Waals surface area contributed by atoms with E-state index in [-0.39, 0.29) is 0 Å². The smallest absolute Gasteiger partial charge is 0.000782 e. The van der Waals surface area contributed by atoms with E-state index < -0.39 is 0 Å². The number of hydrogen-bond donors (Lipinski definition) is 1. The van der Waals surface area contributed by atoms with Crippen LogP contribution in [0.4, 0.5) is 0 Å². The third-order valence-corrected chi connectivity index (χ3v) is 4.12. The van der Waals surface area contributed by atoms with Gasteiger partial charge >= 0.3 is 0 Å². The summed E-state index contributed by atoms with van der Waals surface area (Å²) in [4.78, 5) is 0. The summed E-state index contributed by atoms with van der Waals surface area (Å²) in [5.74, 6) is 1.60. The molecule has 0 aliphatic heterocycles. The van der Waals surface area contributed by atoms with E-state index in [1.165, 1.54) is 45.1 Å². The zero-order valence-electron chi connectivity index (χ0n) is 13.8. The maximum absolute atomic E-state index is 3.71. The first-order chi connectivity index (χ1) is 8.45. The molecule has 1 atom stereocenters. The Morgan fingerprint density at radius 2 is 1.61 bits per heavy atom. The number of hydrogen-bond acceptors (Lipinski definition) is 1. The Labute approximate surface area is 116 Å². The molecule has 1 unspecified atom stereocenters. The topological polar surface area (TPSA) is 12.0 Å². The van der Waals surface area contributed by atoms with Gasteiger partial charge in [-0.05, 0) is 43.1 Å². The summed E-state index contributed by atoms with van der Waals surface area (Å²) in [7, 11) is 0. The van der Waals surface area contributed by atoms with Crippen LogP contribution in [-0.4, -0.2) is 13.1 Å². The molecule has 0 radical (unpaired) electrons. The summed E-state index contributed by atoms with van der Waals surface area (Å²) in [6.07, 6.45) is 8.21. The molecule has 110 valence electrons. The molecule has 0 aromatic heterocycles. The van der Waals surface area contributed by atoms with Crippen LogP contribution in [0.1, 0.15) is 80.1 Å². The van der Waals surface area contributed by atoms with Gasteiger partial charge in [-0.3, -0.25) is 0 Å². The average molecular weight is 255 g/mol. The van der Waals surface area contributed by atoms with E-state index in [0.29, 0.717) is 5.41 Å². The third kappa shape index (κ3) is 8.13. The number of nitrogens with one attached hydrogen (secondary N) is 1. The highest BCUT2D eigenvalue weighted by molar-refractivity contribution is 4.81. The lowest BCUT2D eigenvalue weighted by atomic mass is 9.75. The standard InChI is InChI=1S/C17H37N/c1-7-9-11-17(8-2,12-10-15(3)4)14-18-13-16(5)6/h15-16,18H,7-14H2,1-6H3. The minimum Gasteiger partial charge on any atom is -0.316 e. The van der Waals surface area contributed by atoms with E-state index in [4.69, 9.17) is 0 Å². The van der Waals surface area contributed by atoms with Gasteiger partial charge in [-0.2, -0.15) is 0 Å². The van der Waals surface area contributed by atoms with Gasteiger partial charge in [0, 0.05) is 6.54 Å². The molecule has 0 aliphatic rings. The fourth-order valence-electron chi connectivity index (χ4n) is 2.55. The molecular formula is C17H37N. The molecule has 0 aliphatic carbocycles. The monoisotopic (exact) mass is 255 g/mol. The predicted octanol–water partition coefficient (Wildman–Crippen LogP) is 5.25. The minimum atomic E-state index is 0.551. The zero-order chi connectivity index (χ0) is 14.0. The molecule has 18 heavy (non-hydrogen) atoms. The first-order valence-electron chi connectivity index (χ1n) is 8.16. The molecule has 0 rings (SSSR count). The van der Waals surface area contributed by atoms with Crippen molar-refractivity contribution >= 4 is 0 Å². The van der Waals surface area contributed by atoms with Gasteiger partial charge in [-0.15, -0.1) is 0 Å². The SMILES string of the molecule is CCCCC(CC)(CCC(C)C)CNCC(C)C. The van der Waals surface area contributed by atoms with E-state index in [9.17, 15) is 0 Å². The lowest BCUT2D eigenvalue weighted by Crippen LogP contribution is -2.36. The number of rotatable bonds is 11. The van der Waals surface area contributed by atoms with Crippen LogP contribution in [0.25, 0.3) is 0 Å². The molecule has 0 fully saturated rings. The molecule has 0 saturated carbocycles. The summed E-state index contributed by atoms with van der Waals surface area (Å²) < 4.78 is 0. The Balaban J connectivity index is 4.33. The van der Waals surface area contributed by atoms with Gasteiger partial charge in [-0.1, -0.05) is 60.8 Å². The fourth-order valence-corrected chi connectivity index (χ4v) is 2.55. The summed E-state index contributed by atoms with van der Waals surface area (Å²) in [5, 5.41) is 3.71. The van der Waals surface area contributed by atoms with Crippen molar-refractivity contribution in [3.05, 3.63) is 0 Å². The van der Waals surface area contributed by atoms with Gasteiger partial charge in [-0.25, -0.2) is 0 Å². The second kappa shape index (κ2) is 9.83. The van der Waals surface area contributed by atoms with Gasteiger partial charge < -0.3 is 5.32 Å². The molecular weight excluding hydrogens is 218 g/mol. The van der Waals surface area contributed by atoms with Crippen LogP contribution in [-0.2, 0) is 0 Å². The van der Waals surface area contributed by atoms with Crippen molar-refractivity contribution in [2.75, 3.05) is 13.1 Å². The molecule has 0 aromatic carbocycles. The van der Waals surface area contributed by atoms with Crippen LogP contribution < -0.4 is 5.32 Å². The van der Waals surface area contributed by atoms with Crippen LogP contribution in [0.5, 0.6) is 0 Å². The van der Waals surface area contributed by atoms with Crippen molar-refractivity contribution in [3.63, 3.8) is 0 Å². The van der Waals surface area contributed by atoms with Gasteiger partial charge in [0.2, 0.25) is 0 Å². The second-order valence-electron chi connectivity index (χ2n) is 6.91. The van der Waals surface area contributed by atoms with Crippen molar-refractivity contribution < 1.29 is 0 Å². The predicted molar refractivity (Wildman–Crippen MR) is 84.0 cm³/mol. The number of unbranched alkanes of at least 4 members (excludes halogenated alkanes) is 1. The summed E-state index contributed by atoms with van der Waals surface area (Å²) in [6, 6.07) is 0. The molecule has 0 bridgehead atoms. The van der Waals surface area contributed by atoms with E-state index in [2.05, 4.69) is 46.9 Å². The van der Waals surface area contributed by atoms with Crippen molar-refractivity contribution in [3.8, 4) is 0 Å². The Morgan fingerprint density at radius 3 is 2.06 bits per heavy atom. The van der Waals surface area contributed by atoms with E-state index in [1.54, 1.807) is 0 Å².